The van der Waals surface area contributed by atoms with Crippen LogP contribution in [0.3, 0.4) is 0 Å². The highest BCUT2D eigenvalue weighted by atomic mass is 32.2. The van der Waals surface area contributed by atoms with Crippen LogP contribution in [0.2, 0.25) is 0 Å². The Morgan fingerprint density at radius 3 is 2.72 bits per heavy atom. The van der Waals surface area contributed by atoms with Crippen molar-refractivity contribution in [2.45, 2.75) is 43.9 Å². The van der Waals surface area contributed by atoms with E-state index in [9.17, 15) is 8.42 Å². The van der Waals surface area contributed by atoms with Crippen molar-refractivity contribution in [2.75, 3.05) is 13.2 Å². The lowest BCUT2D eigenvalue weighted by Crippen LogP contribution is -2.50. The van der Waals surface area contributed by atoms with E-state index in [0.717, 1.165) is 5.56 Å². The molecule has 2 atom stereocenters. The number of aryl methyl sites for hydroxylation is 2. The quantitative estimate of drug-likeness (QED) is 0.840. The first kappa shape index (κ1) is 18.1. The minimum absolute atomic E-state index is 0.0832. The van der Waals surface area contributed by atoms with Gasteiger partial charge in [-0.2, -0.15) is 0 Å². The molecule has 0 bridgehead atoms. The lowest BCUT2D eigenvalue weighted by atomic mass is 10.1. The molecular weight excluding hydrogens is 344 g/mol. The number of ether oxygens (including phenoxy) is 2. The van der Waals surface area contributed by atoms with Crippen LogP contribution >= 0.6 is 0 Å². The molecule has 2 heterocycles. The highest BCUT2D eigenvalue weighted by Crippen LogP contribution is 2.21. The van der Waals surface area contributed by atoms with Crippen LogP contribution in [-0.4, -0.2) is 38.9 Å². The summed E-state index contributed by atoms with van der Waals surface area (Å²) in [4.78, 5) is 0.0832. The molecule has 0 spiro atoms. The van der Waals surface area contributed by atoms with Gasteiger partial charge >= 0.3 is 0 Å². The molecule has 0 aliphatic carbocycles. The summed E-state index contributed by atoms with van der Waals surface area (Å²) in [6.07, 6.45) is 0.367. The van der Waals surface area contributed by atoms with E-state index in [1.165, 1.54) is 0 Å². The lowest BCUT2D eigenvalue weighted by Gasteiger charge is -2.31. The molecule has 0 amide bonds. The normalized spacial score (nSPS) is 21.4. The zero-order valence-electron chi connectivity index (χ0n) is 14.3. The first-order chi connectivity index (χ1) is 12.0. The molecule has 1 aromatic carbocycles. The van der Waals surface area contributed by atoms with E-state index >= 15 is 0 Å². The monoisotopic (exact) mass is 366 g/mol. The second-order valence-electron chi connectivity index (χ2n) is 6.08. The zero-order chi connectivity index (χ0) is 17.9. The van der Waals surface area contributed by atoms with Gasteiger partial charge in [0.25, 0.3) is 0 Å². The molecule has 0 saturated carbocycles. The van der Waals surface area contributed by atoms with Crippen molar-refractivity contribution < 1.29 is 22.4 Å². The Hall–Kier alpha value is -1.74. The number of rotatable bonds is 6. The molecule has 0 unspecified atom stereocenters. The van der Waals surface area contributed by atoms with Crippen LogP contribution in [0.4, 0.5) is 0 Å². The van der Waals surface area contributed by atoms with Gasteiger partial charge in [-0.1, -0.05) is 35.5 Å². The number of hydrogen-bond donors (Lipinski definition) is 1. The minimum Gasteiger partial charge on any atom is -0.380 e. The summed E-state index contributed by atoms with van der Waals surface area (Å²) in [5.74, 6) is 0.267. The Morgan fingerprint density at radius 2 is 2.04 bits per heavy atom. The van der Waals surface area contributed by atoms with Crippen LogP contribution in [0.1, 0.15) is 23.4 Å². The fourth-order valence-electron chi connectivity index (χ4n) is 2.92. The molecule has 3 rings (SSSR count). The SMILES string of the molecule is Cc1noc(C)c1S(=O)(=O)N[C@@H]1COCC[C@@H]1OCc1ccccc1. The predicted octanol–water partition coefficient (Wildman–Crippen LogP) is 1.94. The predicted molar refractivity (Wildman–Crippen MR) is 90.5 cm³/mol. The third-order valence-electron chi connectivity index (χ3n) is 4.14. The van der Waals surface area contributed by atoms with E-state index in [-0.39, 0.29) is 23.4 Å². The number of benzene rings is 1. The second kappa shape index (κ2) is 7.65. The first-order valence-corrected chi connectivity index (χ1v) is 9.64. The molecule has 7 nitrogen and oxygen atoms in total. The summed E-state index contributed by atoms with van der Waals surface area (Å²) in [7, 11) is -3.76. The van der Waals surface area contributed by atoms with Crippen molar-refractivity contribution in [1.82, 2.24) is 9.88 Å². The first-order valence-electron chi connectivity index (χ1n) is 8.16. The Bertz CT molecular complexity index is 784. The molecule has 1 aromatic heterocycles. The van der Waals surface area contributed by atoms with Crippen molar-refractivity contribution in [3.8, 4) is 0 Å². The highest BCUT2D eigenvalue weighted by Gasteiger charge is 2.33. The Morgan fingerprint density at radius 1 is 1.28 bits per heavy atom. The van der Waals surface area contributed by atoms with Gasteiger partial charge in [0, 0.05) is 6.61 Å². The number of nitrogens with one attached hydrogen (secondary N) is 1. The molecule has 0 radical (unpaired) electrons. The van der Waals surface area contributed by atoms with Crippen LogP contribution in [0.5, 0.6) is 0 Å². The van der Waals surface area contributed by atoms with Crippen LogP contribution in [0, 0.1) is 13.8 Å². The molecule has 1 aliphatic heterocycles. The molecule has 1 saturated heterocycles. The molecule has 1 fully saturated rings. The number of nitrogens with zero attached hydrogens (tertiary/aromatic N) is 1. The van der Waals surface area contributed by atoms with Gasteiger partial charge in [0.15, 0.2) is 5.76 Å². The van der Waals surface area contributed by atoms with Gasteiger partial charge in [0.05, 0.1) is 25.4 Å². The minimum atomic E-state index is -3.76. The fourth-order valence-corrected chi connectivity index (χ4v) is 4.50. The summed E-state index contributed by atoms with van der Waals surface area (Å²) < 4.78 is 44.5. The summed E-state index contributed by atoms with van der Waals surface area (Å²) >= 11 is 0. The largest absolute Gasteiger partial charge is 0.380 e. The summed E-state index contributed by atoms with van der Waals surface area (Å²) in [6, 6.07) is 9.32. The molecule has 2 aromatic rings. The standard InChI is InChI=1S/C17H22N2O5S/c1-12-17(13(2)24-18-12)25(20,21)19-15-11-22-9-8-16(15)23-10-14-6-4-3-5-7-14/h3-7,15-16,19H,8-11H2,1-2H3/t15-,16+/m1/s1. The second-order valence-corrected chi connectivity index (χ2v) is 7.73. The van der Waals surface area contributed by atoms with Crippen molar-refractivity contribution >= 4 is 10.0 Å². The summed E-state index contributed by atoms with van der Waals surface area (Å²) in [5.41, 5.74) is 1.38. The van der Waals surface area contributed by atoms with Gasteiger partial charge in [0.1, 0.15) is 10.6 Å². The highest BCUT2D eigenvalue weighted by molar-refractivity contribution is 7.89. The maximum Gasteiger partial charge on any atom is 0.246 e. The number of aromatic nitrogens is 1. The summed E-state index contributed by atoms with van der Waals surface area (Å²) in [5, 5.41) is 3.71. The molecule has 1 aliphatic rings. The average Bonchev–Trinajstić information content (AvgIpc) is 2.94. The van der Waals surface area contributed by atoms with E-state index in [2.05, 4.69) is 9.88 Å². The van der Waals surface area contributed by atoms with Gasteiger partial charge in [-0.15, -0.1) is 0 Å². The zero-order valence-corrected chi connectivity index (χ0v) is 15.1. The van der Waals surface area contributed by atoms with Crippen molar-refractivity contribution in [3.63, 3.8) is 0 Å². The van der Waals surface area contributed by atoms with E-state index in [0.29, 0.717) is 25.3 Å². The average molecular weight is 366 g/mol. The van der Waals surface area contributed by atoms with Gasteiger partial charge < -0.3 is 14.0 Å². The molecule has 25 heavy (non-hydrogen) atoms. The fraction of sp³-hybridized carbons (Fsp3) is 0.471. The van der Waals surface area contributed by atoms with Gasteiger partial charge in [-0.3, -0.25) is 0 Å². The summed E-state index contributed by atoms with van der Waals surface area (Å²) in [6.45, 7) is 4.42. The number of sulfonamides is 1. The number of hydrogen-bond acceptors (Lipinski definition) is 6. The van der Waals surface area contributed by atoms with Crippen LogP contribution in [-0.2, 0) is 26.1 Å². The lowest BCUT2D eigenvalue weighted by molar-refractivity contribution is -0.0572. The van der Waals surface area contributed by atoms with E-state index in [4.69, 9.17) is 14.0 Å². The van der Waals surface area contributed by atoms with E-state index < -0.39 is 16.1 Å². The molecule has 1 N–H and O–H groups in total. The van der Waals surface area contributed by atoms with Crippen molar-refractivity contribution in [3.05, 3.63) is 47.3 Å². The third-order valence-corrected chi connectivity index (χ3v) is 5.88. The van der Waals surface area contributed by atoms with E-state index in [1.54, 1.807) is 13.8 Å². The molecule has 136 valence electrons. The Kier molecular flexibility index (Phi) is 5.53. The van der Waals surface area contributed by atoms with E-state index in [1.807, 2.05) is 30.3 Å². The topological polar surface area (TPSA) is 90.7 Å². The molecule has 8 heteroatoms. The maximum absolute atomic E-state index is 12.7. The van der Waals surface area contributed by atoms with Crippen molar-refractivity contribution in [1.29, 1.82) is 0 Å². The Labute approximate surface area is 147 Å². The van der Waals surface area contributed by atoms with Gasteiger partial charge in [-0.25, -0.2) is 13.1 Å². The third kappa shape index (κ3) is 4.27. The van der Waals surface area contributed by atoms with Crippen LogP contribution in [0.25, 0.3) is 0 Å². The van der Waals surface area contributed by atoms with Gasteiger partial charge in [0.2, 0.25) is 10.0 Å². The van der Waals surface area contributed by atoms with Crippen LogP contribution in [0.15, 0.2) is 39.8 Å². The van der Waals surface area contributed by atoms with Gasteiger partial charge in [-0.05, 0) is 25.8 Å². The Balaban J connectivity index is 1.70. The smallest absolute Gasteiger partial charge is 0.246 e. The van der Waals surface area contributed by atoms with Crippen molar-refractivity contribution in [2.24, 2.45) is 0 Å². The van der Waals surface area contributed by atoms with Crippen LogP contribution < -0.4 is 4.72 Å². The molecular formula is C17H22N2O5S. The maximum atomic E-state index is 12.7.